The predicted molar refractivity (Wildman–Crippen MR) is 122 cm³/mol. The quantitative estimate of drug-likeness (QED) is 0.361. The highest BCUT2D eigenvalue weighted by atomic mass is 32.2. The molecule has 1 saturated heterocycles. The van der Waals surface area contributed by atoms with E-state index in [0.717, 1.165) is 11.1 Å². The third kappa shape index (κ3) is 4.78. The van der Waals surface area contributed by atoms with Gasteiger partial charge in [-0.05, 0) is 35.4 Å². The van der Waals surface area contributed by atoms with E-state index in [1.165, 1.54) is 17.8 Å². The molecule has 0 saturated carbocycles. The van der Waals surface area contributed by atoms with Crippen LogP contribution in [0.15, 0.2) is 83.8 Å². The Morgan fingerprint density at radius 2 is 1.67 bits per heavy atom. The van der Waals surface area contributed by atoms with Gasteiger partial charge in [0, 0.05) is 5.56 Å². The van der Waals surface area contributed by atoms with Gasteiger partial charge in [0.25, 0.3) is 5.91 Å². The zero-order valence-electron chi connectivity index (χ0n) is 16.0. The van der Waals surface area contributed by atoms with E-state index in [1.54, 1.807) is 35.2 Å². The smallest absolute Gasteiger partial charge is 0.266 e. The van der Waals surface area contributed by atoms with Crippen LogP contribution in [0.25, 0.3) is 6.08 Å². The third-order valence-electron chi connectivity index (χ3n) is 4.59. The maximum absolute atomic E-state index is 13.7. The highest BCUT2D eigenvalue weighted by Gasteiger charge is 2.31. The molecule has 0 aromatic heterocycles. The Hall–Kier alpha value is -2.96. The molecule has 3 aromatic rings. The normalized spacial score (nSPS) is 15.1. The van der Waals surface area contributed by atoms with E-state index in [4.69, 9.17) is 17.0 Å². The molecule has 1 aliphatic heterocycles. The molecule has 1 heterocycles. The van der Waals surface area contributed by atoms with Crippen LogP contribution in [0.2, 0.25) is 0 Å². The van der Waals surface area contributed by atoms with Crippen molar-refractivity contribution in [2.45, 2.75) is 13.2 Å². The molecule has 3 nitrogen and oxygen atoms in total. The minimum absolute atomic E-state index is 0.0891. The maximum atomic E-state index is 13.7. The van der Waals surface area contributed by atoms with E-state index in [-0.39, 0.29) is 18.3 Å². The van der Waals surface area contributed by atoms with Gasteiger partial charge in [0.2, 0.25) is 0 Å². The number of hydrogen-bond acceptors (Lipinski definition) is 4. The Kier molecular flexibility index (Phi) is 6.26. The summed E-state index contributed by atoms with van der Waals surface area (Å²) in [6.45, 7) is 0.621. The fourth-order valence-electron chi connectivity index (χ4n) is 2.99. The largest absolute Gasteiger partial charge is 0.489 e. The number of carbonyl (C=O) groups excluding carboxylic acids is 1. The first kappa shape index (κ1) is 20.3. The van der Waals surface area contributed by atoms with Crippen LogP contribution in [0.4, 0.5) is 4.39 Å². The van der Waals surface area contributed by atoms with E-state index < -0.39 is 0 Å². The van der Waals surface area contributed by atoms with Crippen molar-refractivity contribution in [3.8, 4) is 5.75 Å². The summed E-state index contributed by atoms with van der Waals surface area (Å²) in [6.07, 6.45) is 1.82. The number of hydrogen-bond donors (Lipinski definition) is 0. The Labute approximate surface area is 184 Å². The molecule has 0 aliphatic carbocycles. The Bertz CT molecular complexity index is 1100. The van der Waals surface area contributed by atoms with Crippen molar-refractivity contribution in [3.63, 3.8) is 0 Å². The van der Waals surface area contributed by atoms with Crippen LogP contribution in [-0.4, -0.2) is 15.1 Å². The molecule has 0 bridgehead atoms. The molecule has 0 atom stereocenters. The van der Waals surface area contributed by atoms with Gasteiger partial charge in [-0.1, -0.05) is 84.6 Å². The highest BCUT2D eigenvalue weighted by Crippen LogP contribution is 2.33. The second-order valence-corrected chi connectivity index (χ2v) is 8.38. The van der Waals surface area contributed by atoms with Gasteiger partial charge in [-0.3, -0.25) is 9.69 Å². The summed E-state index contributed by atoms with van der Waals surface area (Å²) in [5.41, 5.74) is 2.41. The molecule has 0 N–H and O–H groups in total. The molecule has 3 aromatic carbocycles. The summed E-state index contributed by atoms with van der Waals surface area (Å²) in [5.74, 6) is 0.257. The van der Waals surface area contributed by atoms with Crippen LogP contribution in [0, 0.1) is 5.82 Å². The third-order valence-corrected chi connectivity index (χ3v) is 5.96. The Morgan fingerprint density at radius 3 is 2.40 bits per heavy atom. The fourth-order valence-corrected chi connectivity index (χ4v) is 4.25. The molecule has 0 unspecified atom stereocenters. The molecule has 1 amide bonds. The van der Waals surface area contributed by atoms with Crippen molar-refractivity contribution in [3.05, 3.63) is 106 Å². The van der Waals surface area contributed by atoms with Gasteiger partial charge < -0.3 is 4.74 Å². The summed E-state index contributed by atoms with van der Waals surface area (Å²) >= 11 is 6.70. The molecule has 4 rings (SSSR count). The Morgan fingerprint density at radius 1 is 0.967 bits per heavy atom. The summed E-state index contributed by atoms with van der Waals surface area (Å²) in [4.78, 5) is 15.0. The molecule has 1 aliphatic rings. The summed E-state index contributed by atoms with van der Waals surface area (Å²) in [6, 6.07) is 23.6. The first-order chi connectivity index (χ1) is 14.6. The second kappa shape index (κ2) is 9.24. The molecule has 0 radical (unpaired) electrons. The average molecular weight is 436 g/mol. The van der Waals surface area contributed by atoms with Crippen LogP contribution >= 0.6 is 24.0 Å². The van der Waals surface area contributed by atoms with Crippen molar-refractivity contribution < 1.29 is 13.9 Å². The lowest BCUT2D eigenvalue weighted by Crippen LogP contribution is -2.27. The van der Waals surface area contributed by atoms with Gasteiger partial charge in [0.15, 0.2) is 0 Å². The van der Waals surface area contributed by atoms with Crippen molar-refractivity contribution in [2.75, 3.05) is 0 Å². The van der Waals surface area contributed by atoms with Crippen molar-refractivity contribution in [2.24, 2.45) is 0 Å². The van der Waals surface area contributed by atoms with E-state index >= 15 is 0 Å². The SMILES string of the molecule is O=C1/C(=C\c2ccc(OCc3ccccc3F)cc2)SC(=S)N1Cc1ccccc1. The standard InChI is InChI=1S/C24H18FNO2S2/c25-21-9-5-4-8-19(21)16-28-20-12-10-17(11-13-20)14-22-23(27)26(24(29)30-22)15-18-6-2-1-3-7-18/h1-14H,15-16H2/b22-14+. The van der Waals surface area contributed by atoms with Gasteiger partial charge in [-0.2, -0.15) is 0 Å². The van der Waals surface area contributed by atoms with Crippen LogP contribution in [0.1, 0.15) is 16.7 Å². The van der Waals surface area contributed by atoms with E-state index in [0.29, 0.717) is 27.1 Å². The Balaban J connectivity index is 1.41. The van der Waals surface area contributed by atoms with E-state index in [2.05, 4.69) is 0 Å². The van der Waals surface area contributed by atoms with Crippen LogP contribution in [-0.2, 0) is 17.9 Å². The lowest BCUT2D eigenvalue weighted by atomic mass is 10.2. The molecule has 6 heteroatoms. The second-order valence-electron chi connectivity index (χ2n) is 6.70. The monoisotopic (exact) mass is 435 g/mol. The van der Waals surface area contributed by atoms with Gasteiger partial charge in [-0.15, -0.1) is 0 Å². The number of rotatable bonds is 6. The maximum Gasteiger partial charge on any atom is 0.266 e. The van der Waals surface area contributed by atoms with Gasteiger partial charge in [0.05, 0.1) is 11.4 Å². The highest BCUT2D eigenvalue weighted by molar-refractivity contribution is 8.26. The lowest BCUT2D eigenvalue weighted by Gasteiger charge is -2.14. The predicted octanol–water partition coefficient (Wildman–Crippen LogP) is 5.81. The van der Waals surface area contributed by atoms with Crippen molar-refractivity contribution in [1.29, 1.82) is 0 Å². The molecular formula is C24H18FNO2S2. The minimum atomic E-state index is -0.286. The molecular weight excluding hydrogens is 417 g/mol. The van der Waals surface area contributed by atoms with Crippen molar-refractivity contribution in [1.82, 2.24) is 4.90 Å². The molecule has 0 spiro atoms. The van der Waals surface area contributed by atoms with Crippen LogP contribution in [0.3, 0.4) is 0 Å². The first-order valence-electron chi connectivity index (χ1n) is 9.36. The average Bonchev–Trinajstić information content (AvgIpc) is 3.02. The zero-order valence-corrected chi connectivity index (χ0v) is 17.6. The minimum Gasteiger partial charge on any atom is -0.489 e. The topological polar surface area (TPSA) is 29.5 Å². The number of thiocarbonyl (C=S) groups is 1. The molecule has 150 valence electrons. The summed E-state index contributed by atoms with van der Waals surface area (Å²) in [7, 11) is 0. The number of halogens is 1. The summed E-state index contributed by atoms with van der Waals surface area (Å²) < 4.78 is 19.9. The molecule has 30 heavy (non-hydrogen) atoms. The number of benzene rings is 3. The van der Waals surface area contributed by atoms with Gasteiger partial charge in [-0.25, -0.2) is 4.39 Å². The lowest BCUT2D eigenvalue weighted by molar-refractivity contribution is -0.122. The van der Waals surface area contributed by atoms with E-state index in [1.807, 2.05) is 48.5 Å². The zero-order chi connectivity index (χ0) is 20.9. The number of carbonyl (C=O) groups is 1. The van der Waals surface area contributed by atoms with Gasteiger partial charge in [0.1, 0.15) is 22.5 Å². The number of thioether (sulfide) groups is 1. The first-order valence-corrected chi connectivity index (χ1v) is 10.6. The number of ether oxygens (including phenoxy) is 1. The number of amides is 1. The van der Waals surface area contributed by atoms with E-state index in [9.17, 15) is 9.18 Å². The van der Waals surface area contributed by atoms with Crippen LogP contribution in [0.5, 0.6) is 5.75 Å². The van der Waals surface area contributed by atoms with Gasteiger partial charge >= 0.3 is 0 Å². The number of nitrogens with zero attached hydrogens (tertiary/aromatic N) is 1. The molecule has 1 fully saturated rings. The van der Waals surface area contributed by atoms with Crippen molar-refractivity contribution >= 4 is 40.3 Å². The summed E-state index contributed by atoms with van der Waals surface area (Å²) in [5, 5.41) is 0. The van der Waals surface area contributed by atoms with Crippen LogP contribution < -0.4 is 4.74 Å². The fraction of sp³-hybridized carbons (Fsp3) is 0.0833.